The Morgan fingerprint density at radius 1 is 0.565 bits per heavy atom. The van der Waals surface area contributed by atoms with Crippen molar-refractivity contribution in [2.75, 3.05) is 10.6 Å². The fourth-order valence-corrected chi connectivity index (χ4v) is 5.49. The van der Waals surface area contributed by atoms with E-state index >= 15 is 0 Å². The lowest BCUT2D eigenvalue weighted by Crippen LogP contribution is -2.19. The number of rotatable bonds is 15. The Morgan fingerprint density at radius 2 is 0.957 bits per heavy atom. The van der Waals surface area contributed by atoms with Crippen LogP contribution in [0.25, 0.3) is 0 Å². The third-order valence-electron chi connectivity index (χ3n) is 6.87. The van der Waals surface area contributed by atoms with Crippen molar-refractivity contribution in [1.29, 1.82) is 0 Å². The maximum absolute atomic E-state index is 12.2. The molecule has 0 atom stereocenters. The van der Waals surface area contributed by atoms with Crippen LogP contribution in [0.15, 0.2) is 93.8 Å². The first-order chi connectivity index (χ1) is 22.3. The first-order valence-electron chi connectivity index (χ1n) is 14.9. The highest BCUT2D eigenvalue weighted by atomic mass is 32.1. The molecule has 0 aliphatic rings. The molecule has 2 aromatic heterocycles. The summed E-state index contributed by atoms with van der Waals surface area (Å²) >= 11 is 2.76. The highest BCUT2D eigenvalue weighted by molar-refractivity contribution is 7.12. The molecule has 4 N–H and O–H groups in total. The maximum Gasteiger partial charge on any atom is 0.265 e. The lowest BCUT2D eigenvalue weighted by molar-refractivity contribution is -0.122. The van der Waals surface area contributed by atoms with Crippen molar-refractivity contribution >= 4 is 69.1 Å². The van der Waals surface area contributed by atoms with Gasteiger partial charge >= 0.3 is 0 Å². The van der Waals surface area contributed by atoms with Crippen LogP contribution < -0.4 is 21.5 Å². The van der Waals surface area contributed by atoms with Gasteiger partial charge < -0.3 is 10.6 Å². The van der Waals surface area contributed by atoms with Crippen LogP contribution >= 0.6 is 22.7 Å². The molecule has 0 bridgehead atoms. The van der Waals surface area contributed by atoms with Gasteiger partial charge in [0.05, 0.1) is 21.2 Å². The number of thiophene rings is 2. The van der Waals surface area contributed by atoms with Crippen LogP contribution in [0, 0.1) is 0 Å². The monoisotopic (exact) mass is 656 g/mol. The first-order valence-corrected chi connectivity index (χ1v) is 16.6. The Hall–Kier alpha value is -4.94. The van der Waals surface area contributed by atoms with Crippen LogP contribution in [-0.2, 0) is 9.59 Å². The molecule has 0 aliphatic carbocycles. The quantitative estimate of drug-likeness (QED) is 0.0619. The average Bonchev–Trinajstić information content (AvgIpc) is 3.81. The number of anilines is 2. The summed E-state index contributed by atoms with van der Waals surface area (Å²) in [5.74, 6) is -0.637. The number of carbonyl (C=O) groups is 4. The van der Waals surface area contributed by atoms with Gasteiger partial charge in [-0.2, -0.15) is 10.2 Å². The minimum atomic E-state index is -0.167. The molecule has 4 aromatic rings. The van der Waals surface area contributed by atoms with Crippen LogP contribution in [0.4, 0.5) is 11.4 Å². The van der Waals surface area contributed by atoms with Crippen molar-refractivity contribution in [3.63, 3.8) is 0 Å². The summed E-state index contributed by atoms with van der Waals surface area (Å²) in [5, 5.41) is 17.8. The van der Waals surface area contributed by atoms with Crippen LogP contribution in [-0.4, -0.2) is 35.1 Å². The van der Waals surface area contributed by atoms with Crippen LogP contribution in [0.2, 0.25) is 0 Å². The summed E-state index contributed by atoms with van der Waals surface area (Å²) < 4.78 is 0. The zero-order valence-corrected chi connectivity index (χ0v) is 27.3. The molecule has 0 saturated carbocycles. The number of carbonyl (C=O) groups excluding carboxylic acids is 4. The SMILES string of the molecule is CC(=NNC(=O)CCCCCCC(=O)NN=C(C)c1ccc(NC(=O)c2cccs2)cc1)c1ccc(NC(=O)c2cccs2)cc1. The van der Waals surface area contributed by atoms with E-state index in [1.807, 2.05) is 47.2 Å². The van der Waals surface area contributed by atoms with E-state index in [1.165, 1.54) is 22.7 Å². The van der Waals surface area contributed by atoms with E-state index < -0.39 is 0 Å². The van der Waals surface area contributed by atoms with Gasteiger partial charge in [0.15, 0.2) is 0 Å². The minimum absolute atomic E-state index is 0.151. The number of nitrogens with one attached hydrogen (secondary N) is 4. The summed E-state index contributed by atoms with van der Waals surface area (Å²) in [7, 11) is 0. The Morgan fingerprint density at radius 3 is 1.30 bits per heavy atom. The molecule has 10 nitrogen and oxygen atoms in total. The van der Waals surface area contributed by atoms with E-state index in [4.69, 9.17) is 0 Å². The number of amides is 4. The van der Waals surface area contributed by atoms with Gasteiger partial charge in [-0.1, -0.05) is 49.2 Å². The van der Waals surface area contributed by atoms with Crippen molar-refractivity contribution in [1.82, 2.24) is 10.9 Å². The fraction of sp³-hybridized carbons (Fsp3) is 0.235. The van der Waals surface area contributed by atoms with Crippen LogP contribution in [0.3, 0.4) is 0 Å². The van der Waals surface area contributed by atoms with E-state index in [1.54, 1.807) is 50.2 Å². The smallest absolute Gasteiger partial charge is 0.265 e. The number of nitrogens with zero attached hydrogens (tertiary/aromatic N) is 2. The van der Waals surface area contributed by atoms with Crippen molar-refractivity contribution in [2.45, 2.75) is 52.4 Å². The fourth-order valence-electron chi connectivity index (χ4n) is 4.25. The molecule has 0 saturated heterocycles. The molecule has 0 spiro atoms. The Labute approximate surface area is 276 Å². The average molecular weight is 657 g/mol. The molecular formula is C34H36N6O4S2. The van der Waals surface area contributed by atoms with Gasteiger partial charge in [-0.3, -0.25) is 19.2 Å². The summed E-state index contributed by atoms with van der Waals surface area (Å²) in [6, 6.07) is 21.7. The van der Waals surface area contributed by atoms with E-state index in [0.29, 0.717) is 58.2 Å². The van der Waals surface area contributed by atoms with E-state index in [0.717, 1.165) is 24.0 Å². The molecule has 46 heavy (non-hydrogen) atoms. The standard InChI is InChI=1S/C34H36N6O4S2/c1-23(25-13-17-27(18-14-25)35-33(43)29-9-7-21-45-29)37-39-31(41)11-5-3-4-6-12-32(42)40-38-24(2)26-15-19-28(20-16-26)36-34(44)30-10-8-22-46-30/h7-10,13-22H,3-6,11-12H2,1-2H3,(H,35,43)(H,36,44)(H,39,41)(H,40,42). The topological polar surface area (TPSA) is 141 Å². The molecule has 238 valence electrons. The molecule has 4 amide bonds. The second-order valence-corrected chi connectivity index (χ2v) is 12.3. The Bertz CT molecular complexity index is 1540. The molecule has 0 radical (unpaired) electrons. The number of hydrogen-bond acceptors (Lipinski definition) is 8. The Balaban J connectivity index is 1.07. The molecule has 4 rings (SSSR count). The zero-order chi connectivity index (χ0) is 32.7. The van der Waals surface area contributed by atoms with Gasteiger partial charge in [-0.15, -0.1) is 22.7 Å². The van der Waals surface area contributed by atoms with Crippen LogP contribution in [0.1, 0.15) is 82.8 Å². The summed E-state index contributed by atoms with van der Waals surface area (Å²) in [6.45, 7) is 3.61. The second-order valence-electron chi connectivity index (χ2n) is 10.4. The van der Waals surface area contributed by atoms with Crippen molar-refractivity contribution in [2.24, 2.45) is 10.2 Å². The van der Waals surface area contributed by atoms with Crippen LogP contribution in [0.5, 0.6) is 0 Å². The molecule has 2 aromatic carbocycles. The third-order valence-corrected chi connectivity index (χ3v) is 8.60. The van der Waals surface area contributed by atoms with Gasteiger partial charge in [0.2, 0.25) is 11.8 Å². The van der Waals surface area contributed by atoms with Gasteiger partial charge in [0.1, 0.15) is 0 Å². The summed E-state index contributed by atoms with van der Waals surface area (Å²) in [6.07, 6.45) is 3.72. The molecule has 0 aliphatic heterocycles. The lowest BCUT2D eigenvalue weighted by Gasteiger charge is -2.07. The van der Waals surface area contributed by atoms with Gasteiger partial charge in [0.25, 0.3) is 11.8 Å². The predicted molar refractivity (Wildman–Crippen MR) is 186 cm³/mol. The van der Waals surface area contributed by atoms with Gasteiger partial charge in [-0.25, -0.2) is 10.9 Å². The van der Waals surface area contributed by atoms with E-state index in [2.05, 4.69) is 31.7 Å². The van der Waals surface area contributed by atoms with Crippen molar-refractivity contribution < 1.29 is 19.2 Å². The molecule has 12 heteroatoms. The van der Waals surface area contributed by atoms with Gasteiger partial charge in [0, 0.05) is 24.2 Å². The summed E-state index contributed by atoms with van der Waals surface area (Å²) in [4.78, 5) is 50.1. The molecular weight excluding hydrogens is 621 g/mol. The van der Waals surface area contributed by atoms with Crippen molar-refractivity contribution in [3.8, 4) is 0 Å². The summed E-state index contributed by atoms with van der Waals surface area (Å²) in [5.41, 5.74) is 9.53. The number of hydrazone groups is 2. The van der Waals surface area contributed by atoms with E-state index in [-0.39, 0.29) is 23.6 Å². The first kappa shape index (κ1) is 33.9. The zero-order valence-electron chi connectivity index (χ0n) is 25.7. The molecule has 2 heterocycles. The van der Waals surface area contributed by atoms with Crippen molar-refractivity contribution in [3.05, 3.63) is 104 Å². The molecule has 0 fully saturated rings. The highest BCUT2D eigenvalue weighted by Gasteiger charge is 2.09. The van der Waals surface area contributed by atoms with E-state index in [9.17, 15) is 19.2 Å². The minimum Gasteiger partial charge on any atom is -0.321 e. The molecule has 0 unspecified atom stereocenters. The highest BCUT2D eigenvalue weighted by Crippen LogP contribution is 2.16. The second kappa shape index (κ2) is 17.5. The lowest BCUT2D eigenvalue weighted by atomic mass is 10.1. The third kappa shape index (κ3) is 10.9. The maximum atomic E-state index is 12.2. The Kier molecular flexibility index (Phi) is 12.9. The predicted octanol–water partition coefficient (Wildman–Crippen LogP) is 7.04. The normalized spacial score (nSPS) is 11.5. The largest absolute Gasteiger partial charge is 0.321 e. The number of benzene rings is 2. The number of unbranched alkanes of at least 4 members (excludes halogenated alkanes) is 3. The van der Waals surface area contributed by atoms with Gasteiger partial charge in [-0.05, 0) is 85.0 Å². The number of hydrogen-bond donors (Lipinski definition) is 4.